The monoisotopic (exact) mass is 411 g/mol. The van der Waals surface area contributed by atoms with Gasteiger partial charge in [0.1, 0.15) is 0 Å². The topological polar surface area (TPSA) is 140 Å². The van der Waals surface area contributed by atoms with E-state index in [1.165, 1.54) is 56.4 Å². The van der Waals surface area contributed by atoms with Crippen LogP contribution in [-0.4, -0.2) is 25.4 Å². The van der Waals surface area contributed by atoms with E-state index in [9.17, 15) is 13.2 Å². The Hall–Kier alpha value is -2.20. The predicted molar refractivity (Wildman–Crippen MR) is 110 cm³/mol. The van der Waals surface area contributed by atoms with Crippen LogP contribution in [0.5, 0.6) is 0 Å². The molecule has 0 aromatic heterocycles. The van der Waals surface area contributed by atoms with E-state index in [1.807, 2.05) is 0 Å². The summed E-state index contributed by atoms with van der Waals surface area (Å²) in [5.41, 5.74) is 10.8. The van der Waals surface area contributed by atoms with Crippen molar-refractivity contribution in [1.29, 1.82) is 0 Å². The number of carbonyl (C=O) groups excluding carboxylic acids is 1. The Balaban J connectivity index is 1.83. The zero-order valence-corrected chi connectivity index (χ0v) is 16.6. The molecule has 0 bridgehead atoms. The maximum Gasteiger partial charge on any atom is 0.285 e. The summed E-state index contributed by atoms with van der Waals surface area (Å²) in [6.45, 7) is 0. The fourth-order valence-electron chi connectivity index (χ4n) is 3.06. The van der Waals surface area contributed by atoms with Crippen LogP contribution in [0.3, 0.4) is 0 Å². The molecule has 0 radical (unpaired) electrons. The van der Waals surface area contributed by atoms with Crippen LogP contribution < -0.4 is 22.1 Å². The normalized spacial score (nSPS) is 15.0. The molecule has 6 N–H and O–H groups in total. The number of benzene rings is 1. The number of guanidine groups is 1. The number of nitrogens with two attached hydrogens (primary N) is 2. The molecule has 1 fully saturated rings. The standard InChI is InChI=1S/C17H25N5O3S2/c18-16(19)22-27(24,25)14-9-7-13(8-10-14)20-17(26)21-15(23)11-6-12-4-2-1-3-5-12/h7-10,12H,1-6,11H2,(H4,18,19,22)(H2,20,21,23,26). The van der Waals surface area contributed by atoms with Gasteiger partial charge in [-0.1, -0.05) is 32.1 Å². The lowest BCUT2D eigenvalue weighted by atomic mass is 9.86. The first-order valence-corrected chi connectivity index (χ1v) is 10.7. The van der Waals surface area contributed by atoms with Gasteiger partial charge in [0.25, 0.3) is 10.0 Å². The van der Waals surface area contributed by atoms with E-state index in [0.717, 1.165) is 6.42 Å². The van der Waals surface area contributed by atoms with Crippen LogP contribution in [0.4, 0.5) is 5.69 Å². The Morgan fingerprint density at radius 1 is 1.15 bits per heavy atom. The number of nitrogens with zero attached hydrogens (tertiary/aromatic N) is 1. The molecule has 0 atom stereocenters. The van der Waals surface area contributed by atoms with Crippen LogP contribution in [0.2, 0.25) is 0 Å². The van der Waals surface area contributed by atoms with Gasteiger partial charge in [0.2, 0.25) is 11.9 Å². The molecule has 1 aromatic rings. The lowest BCUT2D eigenvalue weighted by molar-refractivity contribution is -0.120. The second kappa shape index (κ2) is 9.65. The van der Waals surface area contributed by atoms with Crippen molar-refractivity contribution in [2.75, 3.05) is 5.32 Å². The SMILES string of the molecule is NC(N)=NS(=O)(=O)c1ccc(NC(=S)NC(=O)CCC2CCCCC2)cc1. The molecule has 0 heterocycles. The fourth-order valence-corrected chi connectivity index (χ4v) is 4.16. The van der Waals surface area contributed by atoms with Crippen LogP contribution in [0, 0.1) is 5.92 Å². The van der Waals surface area contributed by atoms with Gasteiger partial charge in [-0.2, -0.15) is 8.42 Å². The van der Waals surface area contributed by atoms with Gasteiger partial charge in [-0.25, -0.2) is 0 Å². The van der Waals surface area contributed by atoms with Crippen molar-refractivity contribution in [2.45, 2.75) is 49.8 Å². The first-order valence-electron chi connectivity index (χ1n) is 8.83. The molecule has 0 saturated heterocycles. The third-order valence-corrected chi connectivity index (χ3v) is 5.92. The molecule has 148 valence electrons. The predicted octanol–water partition coefficient (Wildman–Crippen LogP) is 1.82. The third kappa shape index (κ3) is 7.14. The molecule has 0 unspecified atom stereocenters. The molecule has 8 nitrogen and oxygen atoms in total. The van der Waals surface area contributed by atoms with E-state index in [4.69, 9.17) is 23.7 Å². The Morgan fingerprint density at radius 3 is 2.37 bits per heavy atom. The molecule has 2 rings (SSSR count). The van der Waals surface area contributed by atoms with Crippen LogP contribution in [0.15, 0.2) is 33.6 Å². The van der Waals surface area contributed by atoms with E-state index in [2.05, 4.69) is 15.0 Å². The average Bonchev–Trinajstić information content (AvgIpc) is 2.60. The summed E-state index contributed by atoms with van der Waals surface area (Å²) in [5, 5.41) is 5.67. The van der Waals surface area contributed by atoms with Gasteiger partial charge in [-0.3, -0.25) is 4.79 Å². The van der Waals surface area contributed by atoms with E-state index < -0.39 is 16.0 Å². The molecule has 1 amide bonds. The number of sulfonamides is 1. The zero-order chi connectivity index (χ0) is 19.9. The first-order chi connectivity index (χ1) is 12.8. The number of hydrogen-bond acceptors (Lipinski definition) is 4. The molecule has 1 aliphatic carbocycles. The van der Waals surface area contributed by atoms with E-state index in [0.29, 0.717) is 18.0 Å². The first kappa shape index (κ1) is 21.1. The van der Waals surface area contributed by atoms with Gasteiger partial charge >= 0.3 is 0 Å². The molecule has 1 saturated carbocycles. The molecule has 0 spiro atoms. The van der Waals surface area contributed by atoms with E-state index in [-0.39, 0.29) is 15.9 Å². The van der Waals surface area contributed by atoms with Gasteiger partial charge in [0.05, 0.1) is 4.90 Å². The lowest BCUT2D eigenvalue weighted by Gasteiger charge is -2.21. The highest BCUT2D eigenvalue weighted by molar-refractivity contribution is 7.90. The molecule has 10 heteroatoms. The minimum atomic E-state index is -3.93. The summed E-state index contributed by atoms with van der Waals surface area (Å²) in [6.07, 6.45) is 7.52. The quantitative estimate of drug-likeness (QED) is 0.318. The van der Waals surface area contributed by atoms with Crippen LogP contribution >= 0.6 is 12.2 Å². The highest BCUT2D eigenvalue weighted by Crippen LogP contribution is 2.27. The average molecular weight is 412 g/mol. The van der Waals surface area contributed by atoms with Crippen molar-refractivity contribution in [2.24, 2.45) is 21.8 Å². The van der Waals surface area contributed by atoms with Gasteiger partial charge < -0.3 is 22.1 Å². The largest absolute Gasteiger partial charge is 0.369 e. The van der Waals surface area contributed by atoms with E-state index in [1.54, 1.807) is 0 Å². The highest BCUT2D eigenvalue weighted by Gasteiger charge is 2.16. The minimum Gasteiger partial charge on any atom is -0.369 e. The van der Waals surface area contributed by atoms with Crippen LogP contribution in [-0.2, 0) is 14.8 Å². The Kier molecular flexibility index (Phi) is 7.55. The minimum absolute atomic E-state index is 0.0520. The van der Waals surface area contributed by atoms with Crippen LogP contribution in [0.1, 0.15) is 44.9 Å². The van der Waals surface area contributed by atoms with Crippen molar-refractivity contribution in [3.8, 4) is 0 Å². The number of hydrogen-bond donors (Lipinski definition) is 4. The lowest BCUT2D eigenvalue weighted by Crippen LogP contribution is -2.34. The Morgan fingerprint density at radius 2 is 1.78 bits per heavy atom. The number of rotatable bonds is 6. The summed E-state index contributed by atoms with van der Waals surface area (Å²) in [4.78, 5) is 12.0. The molecule has 1 aromatic carbocycles. The Bertz CT molecular complexity index is 796. The van der Waals surface area contributed by atoms with Gasteiger partial charge in [0.15, 0.2) is 5.11 Å². The third-order valence-electron chi connectivity index (χ3n) is 4.39. The number of amides is 1. The molecular weight excluding hydrogens is 386 g/mol. The Labute approximate surface area is 164 Å². The summed E-state index contributed by atoms with van der Waals surface area (Å²) in [6, 6.07) is 5.71. The highest BCUT2D eigenvalue weighted by atomic mass is 32.2. The second-order valence-electron chi connectivity index (χ2n) is 6.56. The summed E-state index contributed by atoms with van der Waals surface area (Å²) >= 11 is 5.13. The van der Waals surface area contributed by atoms with Crippen molar-refractivity contribution < 1.29 is 13.2 Å². The van der Waals surface area contributed by atoms with Crippen molar-refractivity contribution in [3.63, 3.8) is 0 Å². The number of thiocarbonyl (C=S) groups is 1. The molecule has 27 heavy (non-hydrogen) atoms. The fraction of sp³-hybridized carbons (Fsp3) is 0.471. The van der Waals surface area contributed by atoms with E-state index >= 15 is 0 Å². The zero-order valence-electron chi connectivity index (χ0n) is 15.0. The smallest absolute Gasteiger partial charge is 0.285 e. The molecule has 1 aliphatic rings. The van der Waals surface area contributed by atoms with Crippen molar-refractivity contribution >= 4 is 44.9 Å². The van der Waals surface area contributed by atoms with Gasteiger partial charge in [-0.15, -0.1) is 4.40 Å². The summed E-state index contributed by atoms with van der Waals surface area (Å²) < 4.78 is 27.0. The van der Waals surface area contributed by atoms with Gasteiger partial charge in [-0.05, 0) is 48.8 Å². The molecular formula is C17H25N5O3S2. The maximum atomic E-state index is 12.0. The van der Waals surface area contributed by atoms with Crippen LogP contribution in [0.25, 0.3) is 0 Å². The number of nitrogens with one attached hydrogen (secondary N) is 2. The number of anilines is 1. The van der Waals surface area contributed by atoms with Gasteiger partial charge in [0, 0.05) is 12.1 Å². The summed E-state index contributed by atoms with van der Waals surface area (Å²) in [5.74, 6) is -0.0231. The second-order valence-corrected chi connectivity index (χ2v) is 8.57. The van der Waals surface area contributed by atoms with Crippen molar-refractivity contribution in [1.82, 2.24) is 5.32 Å². The number of carbonyl (C=O) groups is 1. The maximum absolute atomic E-state index is 12.0. The molecule has 0 aliphatic heterocycles. The van der Waals surface area contributed by atoms with Crippen molar-refractivity contribution in [3.05, 3.63) is 24.3 Å². The summed E-state index contributed by atoms with van der Waals surface area (Å²) in [7, 11) is -3.93.